The van der Waals surface area contributed by atoms with Gasteiger partial charge in [-0.1, -0.05) is 35.9 Å². The number of hydrazone groups is 1. The fourth-order valence-electron chi connectivity index (χ4n) is 3.99. The van der Waals surface area contributed by atoms with Crippen LogP contribution in [0.25, 0.3) is 11.8 Å². The van der Waals surface area contributed by atoms with E-state index in [1.807, 2.05) is 75.4 Å². The molecule has 0 fully saturated rings. The quantitative estimate of drug-likeness (QED) is 0.494. The zero-order chi connectivity index (χ0) is 23.3. The lowest BCUT2D eigenvalue weighted by Gasteiger charge is -2.20. The molecule has 0 radical (unpaired) electrons. The first-order valence-electron chi connectivity index (χ1n) is 10.3. The van der Waals surface area contributed by atoms with Crippen LogP contribution in [-0.2, 0) is 4.79 Å². The predicted molar refractivity (Wildman–Crippen MR) is 136 cm³/mol. The van der Waals surface area contributed by atoms with Crippen LogP contribution in [0.1, 0.15) is 28.1 Å². The van der Waals surface area contributed by atoms with Gasteiger partial charge in [0.25, 0.3) is 5.91 Å². The Morgan fingerprint density at radius 2 is 1.79 bits per heavy atom. The third-order valence-electron chi connectivity index (χ3n) is 5.68. The monoisotopic (exact) mass is 473 g/mol. The van der Waals surface area contributed by atoms with E-state index in [1.54, 1.807) is 6.08 Å². The Kier molecular flexibility index (Phi) is 5.31. The van der Waals surface area contributed by atoms with Crippen LogP contribution in [0.3, 0.4) is 0 Å². The Bertz CT molecular complexity index is 1420. The summed E-state index contributed by atoms with van der Waals surface area (Å²) in [5.41, 5.74) is 6.06. The highest BCUT2D eigenvalue weighted by Crippen LogP contribution is 2.32. The van der Waals surface area contributed by atoms with Gasteiger partial charge < -0.3 is 4.57 Å². The summed E-state index contributed by atoms with van der Waals surface area (Å²) in [6.07, 6.45) is 1.73. The van der Waals surface area contributed by atoms with Crippen molar-refractivity contribution in [2.75, 3.05) is 0 Å². The smallest absolute Gasteiger partial charge is 0.283 e. The number of aliphatic imine (C=N–C) groups is 1. The molecule has 0 spiro atoms. The zero-order valence-corrected chi connectivity index (χ0v) is 19.8. The average Bonchev–Trinajstić information content (AvgIpc) is 3.33. The summed E-state index contributed by atoms with van der Waals surface area (Å²) in [7, 11) is 0. The van der Waals surface area contributed by atoms with Gasteiger partial charge in [0.2, 0.25) is 5.17 Å². The second kappa shape index (κ2) is 8.17. The molecule has 1 amide bonds. The number of thioether (sulfide) groups is 1. The Morgan fingerprint density at radius 3 is 2.52 bits per heavy atom. The molecule has 33 heavy (non-hydrogen) atoms. The first kappa shape index (κ1) is 21.4. The summed E-state index contributed by atoms with van der Waals surface area (Å²) in [4.78, 5) is 17.1. The van der Waals surface area contributed by atoms with Crippen LogP contribution in [0, 0.1) is 26.2 Å². The number of amides is 1. The van der Waals surface area contributed by atoms with E-state index in [9.17, 15) is 4.79 Å². The molecule has 1 N–H and O–H groups in total. The molecule has 0 saturated carbocycles. The minimum Gasteiger partial charge on any atom is -0.318 e. The van der Waals surface area contributed by atoms with Crippen LogP contribution >= 0.6 is 23.4 Å². The number of rotatable bonds is 3. The molecule has 1 aromatic heterocycles. The fourth-order valence-corrected chi connectivity index (χ4v) is 5.10. The highest BCUT2D eigenvalue weighted by Gasteiger charge is 2.36. The van der Waals surface area contributed by atoms with Crippen LogP contribution < -0.4 is 0 Å². The summed E-state index contributed by atoms with van der Waals surface area (Å²) >= 11 is 7.35. The van der Waals surface area contributed by atoms with Crippen molar-refractivity contribution in [3.05, 3.63) is 93.3 Å². The molecule has 0 saturated heterocycles. The first-order chi connectivity index (χ1) is 15.8. The van der Waals surface area contributed by atoms with Crippen LogP contribution in [0.5, 0.6) is 0 Å². The molecule has 0 atom stereocenters. The number of carbonyl (C=O) groups excluding carboxylic acids is 1. The molecule has 2 aromatic carbocycles. The third kappa shape index (κ3) is 3.73. The van der Waals surface area contributed by atoms with E-state index >= 15 is 0 Å². The average molecular weight is 474 g/mol. The number of nitrogens with one attached hydrogen (secondary N) is 1. The number of fused-ring (bicyclic) bond motifs is 1. The summed E-state index contributed by atoms with van der Waals surface area (Å²) in [6, 6.07) is 17.5. The maximum atomic E-state index is 12.9. The molecule has 0 unspecified atom stereocenters. The van der Waals surface area contributed by atoms with Crippen molar-refractivity contribution in [1.29, 1.82) is 5.41 Å². The van der Waals surface area contributed by atoms with Gasteiger partial charge in [-0.05, 0) is 80.1 Å². The number of aryl methyl sites for hydroxylation is 2. The van der Waals surface area contributed by atoms with Gasteiger partial charge in [0.05, 0.1) is 5.57 Å². The molecule has 0 aliphatic carbocycles. The Hall–Kier alpha value is -3.42. The lowest BCUT2D eigenvalue weighted by molar-refractivity contribution is -0.114. The summed E-state index contributed by atoms with van der Waals surface area (Å²) in [5, 5.41) is 16.5. The lowest BCUT2D eigenvalue weighted by Crippen LogP contribution is -2.35. The van der Waals surface area contributed by atoms with Crippen LogP contribution in [0.15, 0.2) is 70.3 Å². The minimum atomic E-state index is -0.434. The number of hydrogen-bond donors (Lipinski definition) is 1. The summed E-state index contributed by atoms with van der Waals surface area (Å²) in [5.74, 6) is -0.409. The normalized spacial score (nSPS) is 16.8. The number of nitrogens with zero attached hydrogens (tertiary/aromatic N) is 4. The van der Waals surface area contributed by atoms with Crippen molar-refractivity contribution in [2.45, 2.75) is 20.8 Å². The Morgan fingerprint density at radius 1 is 1.06 bits per heavy atom. The zero-order valence-electron chi connectivity index (χ0n) is 18.3. The van der Waals surface area contributed by atoms with Crippen molar-refractivity contribution < 1.29 is 4.79 Å². The molecule has 3 aromatic rings. The molecule has 2 aliphatic heterocycles. The number of amidine groups is 2. The molecular weight excluding hydrogens is 454 g/mol. The molecule has 5 rings (SSSR count). The van der Waals surface area contributed by atoms with Gasteiger partial charge in [-0.3, -0.25) is 10.2 Å². The number of benzene rings is 2. The van der Waals surface area contributed by atoms with Gasteiger partial charge in [0, 0.05) is 27.7 Å². The van der Waals surface area contributed by atoms with Gasteiger partial charge >= 0.3 is 0 Å². The molecular formula is C25H20ClN5OS. The van der Waals surface area contributed by atoms with Gasteiger partial charge in [-0.15, -0.1) is 0 Å². The number of aromatic nitrogens is 1. The highest BCUT2D eigenvalue weighted by molar-refractivity contribution is 8.27. The van der Waals surface area contributed by atoms with E-state index in [0.29, 0.717) is 10.2 Å². The van der Waals surface area contributed by atoms with Crippen molar-refractivity contribution in [3.63, 3.8) is 0 Å². The largest absolute Gasteiger partial charge is 0.318 e. The van der Waals surface area contributed by atoms with Gasteiger partial charge in [0.15, 0.2) is 5.84 Å². The second-order valence-electron chi connectivity index (χ2n) is 7.88. The maximum absolute atomic E-state index is 12.9. The molecule has 3 heterocycles. The van der Waals surface area contributed by atoms with Crippen molar-refractivity contribution in [3.8, 4) is 5.69 Å². The standard InChI is InChI=1S/C25H20ClN5OS/c1-14-6-4-5-7-20(14)24-29-31-22(27)21(23(32)28-25(31)33-24)13-17-12-15(2)30(16(17)3)19-10-8-18(26)9-11-19/h4-13,27H,1-3H3/b21-13+,27-22?. The number of halogens is 1. The maximum Gasteiger partial charge on any atom is 0.283 e. The van der Waals surface area contributed by atoms with Crippen LogP contribution in [0.4, 0.5) is 0 Å². The van der Waals surface area contributed by atoms with E-state index in [0.717, 1.165) is 38.8 Å². The minimum absolute atomic E-state index is 0.0254. The predicted octanol–water partition coefficient (Wildman–Crippen LogP) is 5.72. The SMILES string of the molecule is Cc1ccccc1C1=NN2C(=N)/C(=C\c3cc(C)n(-c4ccc(Cl)cc4)c3C)C(=O)N=C2S1. The number of carbonyl (C=O) groups is 1. The van der Waals surface area contributed by atoms with Gasteiger partial charge in [-0.2, -0.15) is 15.1 Å². The second-order valence-corrected chi connectivity index (χ2v) is 9.27. The van der Waals surface area contributed by atoms with Crippen molar-refractivity contribution in [2.24, 2.45) is 10.1 Å². The van der Waals surface area contributed by atoms with E-state index in [2.05, 4.69) is 14.7 Å². The molecule has 164 valence electrons. The van der Waals surface area contributed by atoms with Gasteiger partial charge in [0.1, 0.15) is 5.04 Å². The van der Waals surface area contributed by atoms with Crippen LogP contribution in [0.2, 0.25) is 5.02 Å². The molecule has 6 nitrogen and oxygen atoms in total. The van der Waals surface area contributed by atoms with Crippen molar-refractivity contribution >= 4 is 51.4 Å². The van der Waals surface area contributed by atoms with E-state index in [1.165, 1.54) is 16.8 Å². The third-order valence-corrected chi connectivity index (χ3v) is 6.88. The van der Waals surface area contributed by atoms with Crippen molar-refractivity contribution in [1.82, 2.24) is 9.58 Å². The van der Waals surface area contributed by atoms with E-state index in [4.69, 9.17) is 17.0 Å². The summed E-state index contributed by atoms with van der Waals surface area (Å²) < 4.78 is 2.09. The molecule has 8 heteroatoms. The lowest BCUT2D eigenvalue weighted by atomic mass is 10.1. The first-order valence-corrected chi connectivity index (χ1v) is 11.5. The summed E-state index contributed by atoms with van der Waals surface area (Å²) in [6.45, 7) is 6.00. The van der Waals surface area contributed by atoms with Crippen LogP contribution in [-0.4, -0.2) is 31.5 Å². The van der Waals surface area contributed by atoms with Gasteiger partial charge in [-0.25, -0.2) is 0 Å². The van der Waals surface area contributed by atoms with E-state index < -0.39 is 5.91 Å². The van der Waals surface area contributed by atoms with E-state index in [-0.39, 0.29) is 11.4 Å². The topological polar surface area (TPSA) is 73.8 Å². The Balaban J connectivity index is 1.52. The number of hydrogen-bond acceptors (Lipinski definition) is 4. The molecule has 0 bridgehead atoms. The fraction of sp³-hybridized carbons (Fsp3) is 0.120. The highest BCUT2D eigenvalue weighted by atomic mass is 35.5. The molecule has 2 aliphatic rings. The Labute approximate surface area is 200 Å².